The van der Waals surface area contributed by atoms with E-state index < -0.39 is 90.2 Å². The number of hydrogen-bond donors (Lipinski definition) is 1. The van der Waals surface area contributed by atoms with Crippen LogP contribution in [0, 0.1) is 23.7 Å². The second kappa shape index (κ2) is 30.1. The average Bonchev–Trinajstić information content (AvgIpc) is 4.42. The van der Waals surface area contributed by atoms with E-state index in [4.69, 9.17) is 28.4 Å². The first-order valence-corrected chi connectivity index (χ1v) is 28.7. The Kier molecular flexibility index (Phi) is 23.7. The first-order chi connectivity index (χ1) is 38.2. The standard InChI is InChI=1S/C60H88N6O14/c1-38(2)31-49(61-7)57(71)77-40(5)54(68)63(9)52(35-44-13-14-44)60(74)80-53(36-45-17-21-47(22-18-45)66-25-29-76-30-26-66)56(70)64(10)50(32-39(3)4)58(72)78-41(6)55(69)62(8)51(34-43-11-12-43)59(73)79-48(37-67)33-42-15-19-46(20-16-42)65-23-27-75-28-24-65/h15-22,37-41,43-44,48-53,61H,11-14,23-36H2,1-10H3/t40-,41-,48-,49+,50+,51+,52+,53-/m1/s1. The highest BCUT2D eigenvalue weighted by atomic mass is 16.6. The molecule has 2 aliphatic heterocycles. The number of ether oxygens (including phenoxy) is 6. The summed E-state index contributed by atoms with van der Waals surface area (Å²) in [6.07, 6.45) is -0.0812. The minimum Gasteiger partial charge on any atom is -0.453 e. The van der Waals surface area contributed by atoms with Crippen molar-refractivity contribution in [3.8, 4) is 0 Å². The number of aldehydes is 1. The molecule has 2 saturated carbocycles. The van der Waals surface area contributed by atoms with Crippen LogP contribution < -0.4 is 15.1 Å². The minimum atomic E-state index is -1.49. The monoisotopic (exact) mass is 1120 g/mol. The van der Waals surface area contributed by atoms with Crippen molar-refractivity contribution in [2.45, 2.75) is 154 Å². The second-order valence-corrected chi connectivity index (χ2v) is 23.0. The number of esters is 4. The number of hydrogen-bond acceptors (Lipinski definition) is 17. The molecule has 6 rings (SSSR count). The van der Waals surface area contributed by atoms with Crippen LogP contribution in [0.5, 0.6) is 0 Å². The third kappa shape index (κ3) is 18.5. The predicted molar refractivity (Wildman–Crippen MR) is 299 cm³/mol. The van der Waals surface area contributed by atoms with Crippen LogP contribution in [0.25, 0.3) is 0 Å². The number of nitrogens with one attached hydrogen (secondary N) is 1. The van der Waals surface area contributed by atoms with Gasteiger partial charge in [-0.1, -0.05) is 77.6 Å². The third-order valence-electron chi connectivity index (χ3n) is 15.5. The summed E-state index contributed by atoms with van der Waals surface area (Å²) in [5, 5.41) is 2.95. The number of amides is 3. The molecule has 0 unspecified atom stereocenters. The molecular formula is C60H88N6O14. The van der Waals surface area contributed by atoms with E-state index in [0.29, 0.717) is 57.8 Å². The van der Waals surface area contributed by atoms with Gasteiger partial charge in [-0.15, -0.1) is 0 Å². The van der Waals surface area contributed by atoms with Gasteiger partial charge in [0.25, 0.3) is 17.7 Å². The van der Waals surface area contributed by atoms with Gasteiger partial charge >= 0.3 is 23.9 Å². The Morgan fingerprint density at radius 1 is 0.550 bits per heavy atom. The van der Waals surface area contributed by atoms with Crippen molar-refractivity contribution >= 4 is 59.3 Å². The summed E-state index contributed by atoms with van der Waals surface area (Å²) < 4.78 is 34.5. The highest BCUT2D eigenvalue weighted by Crippen LogP contribution is 2.36. The van der Waals surface area contributed by atoms with E-state index in [-0.39, 0.29) is 55.8 Å². The zero-order valence-corrected chi connectivity index (χ0v) is 48.8. The number of carbonyl (C=O) groups is 8. The molecule has 3 amide bonds. The third-order valence-corrected chi connectivity index (χ3v) is 15.5. The molecule has 2 aromatic rings. The van der Waals surface area contributed by atoms with E-state index in [1.54, 1.807) is 7.05 Å². The summed E-state index contributed by atoms with van der Waals surface area (Å²) in [7, 11) is 5.97. The zero-order chi connectivity index (χ0) is 58.2. The van der Waals surface area contributed by atoms with Gasteiger partial charge in [0.2, 0.25) is 0 Å². The summed E-state index contributed by atoms with van der Waals surface area (Å²) in [5.41, 5.74) is 3.43. The molecule has 20 heteroatoms. The first kappa shape index (κ1) is 63.1. The Balaban J connectivity index is 1.17. The number of likely N-dealkylation sites (N-methyl/N-ethyl adjacent to an activating group) is 4. The SMILES string of the molecule is CN[C@@H](CC(C)C)C(=O)O[C@H](C)C(=O)N(C)[C@@H](CC1CC1)C(=O)O[C@H](Cc1ccc(N2CCOCC2)cc1)C(=O)N(C)[C@@H](CC(C)C)C(=O)O[C@H](C)C(=O)N(C)[C@@H](CC1CC1)C(=O)O[C@@H](C=O)Cc1ccc(N2CCOCC2)cc1. The Morgan fingerprint density at radius 3 is 1.36 bits per heavy atom. The molecule has 8 atom stereocenters. The number of carbonyl (C=O) groups excluding carboxylic acids is 8. The fourth-order valence-corrected chi connectivity index (χ4v) is 10.2. The van der Waals surface area contributed by atoms with Crippen LogP contribution in [0.3, 0.4) is 0 Å². The largest absolute Gasteiger partial charge is 0.453 e. The van der Waals surface area contributed by atoms with Crippen LogP contribution in [-0.2, 0) is 79.6 Å². The molecule has 4 fully saturated rings. The maximum Gasteiger partial charge on any atom is 0.329 e. The Labute approximate surface area is 472 Å². The molecule has 442 valence electrons. The number of anilines is 2. The summed E-state index contributed by atoms with van der Waals surface area (Å²) >= 11 is 0. The van der Waals surface area contributed by atoms with Gasteiger partial charge in [0.1, 0.15) is 24.2 Å². The maximum absolute atomic E-state index is 15.0. The normalized spacial score (nSPS) is 18.6. The van der Waals surface area contributed by atoms with Crippen molar-refractivity contribution in [2.75, 3.05) is 90.6 Å². The molecule has 0 spiro atoms. The molecule has 80 heavy (non-hydrogen) atoms. The lowest BCUT2D eigenvalue weighted by atomic mass is 10.0. The Bertz CT molecular complexity index is 2380. The molecule has 0 radical (unpaired) electrons. The van der Waals surface area contributed by atoms with Gasteiger partial charge in [0.05, 0.1) is 26.4 Å². The van der Waals surface area contributed by atoms with Crippen LogP contribution >= 0.6 is 0 Å². The molecule has 2 aliphatic carbocycles. The zero-order valence-electron chi connectivity index (χ0n) is 48.8. The van der Waals surface area contributed by atoms with Gasteiger partial charge in [-0.2, -0.15) is 0 Å². The van der Waals surface area contributed by atoms with E-state index >= 15 is 4.79 Å². The topological polar surface area (TPSA) is 220 Å². The van der Waals surface area contributed by atoms with E-state index in [1.165, 1.54) is 49.7 Å². The van der Waals surface area contributed by atoms with Crippen LogP contribution in [-0.4, -0.2) is 192 Å². The second-order valence-electron chi connectivity index (χ2n) is 23.0. The highest BCUT2D eigenvalue weighted by molar-refractivity contribution is 5.93. The molecule has 20 nitrogen and oxygen atoms in total. The lowest BCUT2D eigenvalue weighted by Gasteiger charge is -2.34. The molecule has 2 heterocycles. The summed E-state index contributed by atoms with van der Waals surface area (Å²) in [6.45, 7) is 16.0. The quantitative estimate of drug-likeness (QED) is 0.0631. The number of morpholine rings is 2. The average molecular weight is 1120 g/mol. The molecule has 2 aromatic carbocycles. The minimum absolute atomic E-state index is 0.0881. The van der Waals surface area contributed by atoms with Gasteiger partial charge in [0, 0.05) is 71.5 Å². The Morgan fingerprint density at radius 2 is 0.950 bits per heavy atom. The maximum atomic E-state index is 15.0. The van der Waals surface area contributed by atoms with Gasteiger partial charge in [-0.25, -0.2) is 14.4 Å². The van der Waals surface area contributed by atoms with Crippen LogP contribution in [0.1, 0.15) is 104 Å². The van der Waals surface area contributed by atoms with Crippen molar-refractivity contribution in [3.05, 3.63) is 59.7 Å². The fourth-order valence-electron chi connectivity index (χ4n) is 10.2. The van der Waals surface area contributed by atoms with E-state index in [2.05, 4.69) is 15.1 Å². The fraction of sp³-hybridized carbons (Fsp3) is 0.667. The van der Waals surface area contributed by atoms with Crippen molar-refractivity contribution in [1.29, 1.82) is 0 Å². The van der Waals surface area contributed by atoms with Crippen molar-refractivity contribution in [1.82, 2.24) is 20.0 Å². The van der Waals surface area contributed by atoms with Gasteiger partial charge in [0.15, 0.2) is 30.7 Å². The summed E-state index contributed by atoms with van der Waals surface area (Å²) in [5.74, 6) is -4.79. The van der Waals surface area contributed by atoms with Crippen molar-refractivity contribution in [3.63, 3.8) is 0 Å². The lowest BCUT2D eigenvalue weighted by Crippen LogP contribution is -2.53. The molecule has 4 aliphatic rings. The molecule has 1 N–H and O–H groups in total. The predicted octanol–water partition coefficient (Wildman–Crippen LogP) is 4.79. The molecule has 0 bridgehead atoms. The number of nitrogens with zero attached hydrogens (tertiary/aromatic N) is 5. The highest BCUT2D eigenvalue weighted by Gasteiger charge is 2.43. The summed E-state index contributed by atoms with van der Waals surface area (Å²) in [4.78, 5) is 120. The first-order valence-electron chi connectivity index (χ1n) is 28.7. The van der Waals surface area contributed by atoms with Crippen LogP contribution in [0.15, 0.2) is 48.5 Å². The van der Waals surface area contributed by atoms with Gasteiger partial charge in [-0.05, 0) is 106 Å². The van der Waals surface area contributed by atoms with E-state index in [1.807, 2.05) is 76.2 Å². The summed E-state index contributed by atoms with van der Waals surface area (Å²) in [6, 6.07) is 11.2. The molecule has 0 aromatic heterocycles. The van der Waals surface area contributed by atoms with E-state index in [9.17, 15) is 33.6 Å². The molecule has 2 saturated heterocycles. The lowest BCUT2D eigenvalue weighted by molar-refractivity contribution is -0.173. The van der Waals surface area contributed by atoms with E-state index in [0.717, 1.165) is 55.7 Å². The van der Waals surface area contributed by atoms with Gasteiger partial charge in [-0.3, -0.25) is 24.0 Å². The number of benzene rings is 2. The van der Waals surface area contributed by atoms with Crippen LogP contribution in [0.4, 0.5) is 11.4 Å². The van der Waals surface area contributed by atoms with Crippen molar-refractivity contribution in [2.24, 2.45) is 23.7 Å². The van der Waals surface area contributed by atoms with Gasteiger partial charge < -0.3 is 58.2 Å². The van der Waals surface area contributed by atoms with Crippen LogP contribution in [0.2, 0.25) is 0 Å². The number of rotatable bonds is 30. The molecular weight excluding hydrogens is 1030 g/mol. The van der Waals surface area contributed by atoms with Crippen molar-refractivity contribution < 1.29 is 66.8 Å². The smallest absolute Gasteiger partial charge is 0.329 e. The Hall–Kier alpha value is -6.12.